The SMILES string of the molecule is Brc1cc(C2C3CC4CC(C3)CC2C4)ncn1. The highest BCUT2D eigenvalue weighted by molar-refractivity contribution is 9.10. The molecule has 0 aliphatic heterocycles. The zero-order valence-corrected chi connectivity index (χ0v) is 11.4. The van der Waals surface area contributed by atoms with Crippen LogP contribution in [0.1, 0.15) is 43.7 Å². The van der Waals surface area contributed by atoms with Gasteiger partial charge in [-0.05, 0) is 77.8 Å². The van der Waals surface area contributed by atoms with Crippen molar-refractivity contribution in [3.63, 3.8) is 0 Å². The van der Waals surface area contributed by atoms with Gasteiger partial charge in [-0.1, -0.05) is 0 Å². The first-order chi connectivity index (χ1) is 8.29. The molecule has 0 N–H and O–H groups in total. The maximum atomic E-state index is 4.54. The molecule has 4 aliphatic carbocycles. The Morgan fingerprint density at radius 1 is 0.941 bits per heavy atom. The highest BCUT2D eigenvalue weighted by Crippen LogP contribution is 2.59. The van der Waals surface area contributed by atoms with E-state index >= 15 is 0 Å². The Morgan fingerprint density at radius 2 is 1.59 bits per heavy atom. The van der Waals surface area contributed by atoms with Crippen LogP contribution in [0.2, 0.25) is 0 Å². The second-order valence-corrected chi connectivity index (χ2v) is 7.03. The summed E-state index contributed by atoms with van der Waals surface area (Å²) >= 11 is 3.48. The van der Waals surface area contributed by atoms with Gasteiger partial charge in [-0.2, -0.15) is 0 Å². The van der Waals surface area contributed by atoms with Crippen molar-refractivity contribution >= 4 is 15.9 Å². The van der Waals surface area contributed by atoms with Crippen molar-refractivity contribution in [2.75, 3.05) is 0 Å². The minimum atomic E-state index is 0.724. The molecule has 17 heavy (non-hydrogen) atoms. The summed E-state index contributed by atoms with van der Waals surface area (Å²) < 4.78 is 0.941. The van der Waals surface area contributed by atoms with Crippen LogP contribution in [0.15, 0.2) is 17.0 Å². The molecule has 0 saturated heterocycles. The van der Waals surface area contributed by atoms with Crippen LogP contribution >= 0.6 is 15.9 Å². The molecular formula is C14H17BrN2. The first kappa shape index (κ1) is 10.5. The summed E-state index contributed by atoms with van der Waals surface area (Å²) in [4.78, 5) is 8.70. The van der Waals surface area contributed by atoms with Gasteiger partial charge in [-0.3, -0.25) is 0 Å². The van der Waals surface area contributed by atoms with Crippen LogP contribution in [0.25, 0.3) is 0 Å². The van der Waals surface area contributed by atoms with Gasteiger partial charge in [0, 0.05) is 11.6 Å². The van der Waals surface area contributed by atoms with E-state index in [1.807, 2.05) is 0 Å². The van der Waals surface area contributed by atoms with Gasteiger partial charge >= 0.3 is 0 Å². The van der Waals surface area contributed by atoms with Crippen molar-refractivity contribution in [1.29, 1.82) is 0 Å². The van der Waals surface area contributed by atoms with Crippen LogP contribution in [-0.4, -0.2) is 9.97 Å². The van der Waals surface area contributed by atoms with Crippen LogP contribution < -0.4 is 0 Å². The number of nitrogens with zero attached hydrogens (tertiary/aromatic N) is 2. The summed E-state index contributed by atoms with van der Waals surface area (Å²) in [7, 11) is 0. The van der Waals surface area contributed by atoms with Gasteiger partial charge in [-0.25, -0.2) is 9.97 Å². The lowest BCUT2D eigenvalue weighted by molar-refractivity contribution is -0.00421. The third kappa shape index (κ3) is 1.66. The first-order valence-electron chi connectivity index (χ1n) is 6.77. The lowest BCUT2D eigenvalue weighted by Crippen LogP contribution is -2.44. The van der Waals surface area contributed by atoms with E-state index in [9.17, 15) is 0 Å². The molecule has 0 amide bonds. The van der Waals surface area contributed by atoms with E-state index < -0.39 is 0 Å². The standard InChI is InChI=1S/C14H17BrN2/c15-13-6-12(16-7-17-13)14-10-2-8-1-9(4-10)5-11(14)3-8/h6-11,14H,1-5H2. The van der Waals surface area contributed by atoms with Crippen molar-refractivity contribution in [3.05, 3.63) is 22.7 Å². The molecule has 1 aromatic rings. The highest BCUT2D eigenvalue weighted by Gasteiger charge is 2.49. The van der Waals surface area contributed by atoms with Crippen LogP contribution in [0, 0.1) is 23.7 Å². The van der Waals surface area contributed by atoms with Crippen molar-refractivity contribution in [1.82, 2.24) is 9.97 Å². The molecule has 4 fully saturated rings. The van der Waals surface area contributed by atoms with E-state index in [2.05, 4.69) is 32.0 Å². The zero-order chi connectivity index (χ0) is 11.4. The molecule has 0 radical (unpaired) electrons. The van der Waals surface area contributed by atoms with Gasteiger partial charge in [0.25, 0.3) is 0 Å². The van der Waals surface area contributed by atoms with Gasteiger partial charge in [0.1, 0.15) is 10.9 Å². The maximum Gasteiger partial charge on any atom is 0.116 e. The third-order valence-corrected chi connectivity index (χ3v) is 5.66. The summed E-state index contributed by atoms with van der Waals surface area (Å²) in [6, 6.07) is 2.15. The molecule has 0 atom stereocenters. The lowest BCUT2D eigenvalue weighted by atomic mass is 9.51. The Kier molecular flexibility index (Phi) is 2.33. The number of aromatic nitrogens is 2. The third-order valence-electron chi connectivity index (χ3n) is 5.22. The van der Waals surface area contributed by atoms with E-state index in [4.69, 9.17) is 0 Å². The van der Waals surface area contributed by atoms with Crippen molar-refractivity contribution in [3.8, 4) is 0 Å². The number of rotatable bonds is 1. The Labute approximate surface area is 110 Å². The Hall–Kier alpha value is -0.440. The van der Waals surface area contributed by atoms with E-state index in [-0.39, 0.29) is 0 Å². The second-order valence-electron chi connectivity index (χ2n) is 6.22. The smallest absolute Gasteiger partial charge is 0.116 e. The maximum absolute atomic E-state index is 4.54. The molecule has 4 saturated carbocycles. The lowest BCUT2D eigenvalue weighted by Gasteiger charge is -2.54. The molecule has 4 bridgehead atoms. The molecular weight excluding hydrogens is 276 g/mol. The normalized spacial score (nSPS) is 43.0. The average molecular weight is 293 g/mol. The van der Waals surface area contributed by atoms with Gasteiger partial charge in [0.2, 0.25) is 0 Å². The molecule has 1 aromatic heterocycles. The fourth-order valence-corrected chi connectivity index (χ4v) is 5.26. The zero-order valence-electron chi connectivity index (χ0n) is 9.85. The molecule has 3 heteroatoms. The average Bonchev–Trinajstić information content (AvgIpc) is 2.27. The number of hydrogen-bond donors (Lipinski definition) is 0. The summed E-state index contributed by atoms with van der Waals surface area (Å²) in [5.41, 5.74) is 1.29. The van der Waals surface area contributed by atoms with Gasteiger partial charge in [0.05, 0.1) is 0 Å². The minimum Gasteiger partial charge on any atom is -0.241 e. The molecule has 4 aliphatic rings. The molecule has 1 heterocycles. The summed E-state index contributed by atoms with van der Waals surface area (Å²) in [5, 5.41) is 0. The number of halogens is 1. The van der Waals surface area contributed by atoms with Crippen LogP contribution in [-0.2, 0) is 0 Å². The van der Waals surface area contributed by atoms with E-state index in [1.165, 1.54) is 37.8 Å². The topological polar surface area (TPSA) is 25.8 Å². The summed E-state index contributed by atoms with van der Waals surface area (Å²) in [6.45, 7) is 0. The van der Waals surface area contributed by atoms with Crippen LogP contribution in [0.4, 0.5) is 0 Å². The van der Waals surface area contributed by atoms with Crippen LogP contribution in [0.5, 0.6) is 0 Å². The van der Waals surface area contributed by atoms with E-state index in [0.717, 1.165) is 34.2 Å². The first-order valence-corrected chi connectivity index (χ1v) is 7.56. The van der Waals surface area contributed by atoms with E-state index in [1.54, 1.807) is 6.33 Å². The second kappa shape index (κ2) is 3.78. The quantitative estimate of drug-likeness (QED) is 0.736. The molecule has 0 spiro atoms. The Bertz CT molecular complexity index is 418. The van der Waals surface area contributed by atoms with Crippen molar-refractivity contribution in [2.24, 2.45) is 23.7 Å². The molecule has 0 unspecified atom stereocenters. The molecule has 0 aromatic carbocycles. The number of hydrogen-bond acceptors (Lipinski definition) is 2. The molecule has 5 rings (SSSR count). The molecule has 90 valence electrons. The van der Waals surface area contributed by atoms with Gasteiger partial charge in [0.15, 0.2) is 0 Å². The van der Waals surface area contributed by atoms with Gasteiger partial charge < -0.3 is 0 Å². The summed E-state index contributed by atoms with van der Waals surface area (Å²) in [6.07, 6.45) is 9.06. The van der Waals surface area contributed by atoms with Crippen molar-refractivity contribution in [2.45, 2.75) is 38.0 Å². The monoisotopic (exact) mass is 292 g/mol. The van der Waals surface area contributed by atoms with Crippen molar-refractivity contribution < 1.29 is 0 Å². The van der Waals surface area contributed by atoms with Crippen LogP contribution in [0.3, 0.4) is 0 Å². The molecule has 2 nitrogen and oxygen atoms in total. The summed E-state index contributed by atoms with van der Waals surface area (Å²) in [5.74, 6) is 4.63. The largest absolute Gasteiger partial charge is 0.241 e. The predicted octanol–water partition coefficient (Wildman–Crippen LogP) is 3.78. The highest BCUT2D eigenvalue weighted by atomic mass is 79.9. The van der Waals surface area contributed by atoms with E-state index in [0.29, 0.717) is 0 Å². The predicted molar refractivity (Wildman–Crippen MR) is 69.5 cm³/mol. The fraction of sp³-hybridized carbons (Fsp3) is 0.714. The Morgan fingerprint density at radius 3 is 2.18 bits per heavy atom. The minimum absolute atomic E-state index is 0.724. The Balaban J connectivity index is 1.70. The fourth-order valence-electron chi connectivity index (χ4n) is 4.94. The van der Waals surface area contributed by atoms with Gasteiger partial charge in [-0.15, -0.1) is 0 Å².